The zero-order chi connectivity index (χ0) is 19.7. The lowest BCUT2D eigenvalue weighted by molar-refractivity contribution is -0.155. The molecule has 3 N–H and O–H groups in total. The summed E-state index contributed by atoms with van der Waals surface area (Å²) in [4.78, 5) is 35.5. The molecule has 7 heteroatoms. The Balaban J connectivity index is 2.45. The summed E-state index contributed by atoms with van der Waals surface area (Å²) in [5.74, 6) is -1.13. The number of hydrogen-bond donors (Lipinski definition) is 2. The zero-order valence-corrected chi connectivity index (χ0v) is 15.7. The molecule has 0 saturated heterocycles. The van der Waals surface area contributed by atoms with E-state index in [0.29, 0.717) is 37.1 Å². The number of aliphatic carboxylic acids is 1. The molecule has 0 aromatic heterocycles. The van der Waals surface area contributed by atoms with Crippen molar-refractivity contribution in [3.63, 3.8) is 0 Å². The first-order valence-corrected chi connectivity index (χ1v) is 8.68. The zero-order valence-electron chi connectivity index (χ0n) is 15.7. The summed E-state index contributed by atoms with van der Waals surface area (Å²) in [6.07, 6.45) is 2.42. The van der Waals surface area contributed by atoms with E-state index in [1.165, 1.54) is 4.90 Å². The highest BCUT2D eigenvalue weighted by molar-refractivity contribution is 5.90. The van der Waals surface area contributed by atoms with Gasteiger partial charge in [-0.25, -0.2) is 4.79 Å². The Morgan fingerprint density at radius 3 is 2.19 bits per heavy atom. The van der Waals surface area contributed by atoms with Crippen molar-refractivity contribution in [2.75, 3.05) is 11.4 Å². The third kappa shape index (κ3) is 8.50. The van der Waals surface area contributed by atoms with E-state index in [1.807, 2.05) is 20.8 Å². The maximum Gasteiger partial charge on any atom is 0.319 e. The number of carboxylic acid groups (broad SMARTS) is 1. The first kappa shape index (κ1) is 21.5. The first-order chi connectivity index (χ1) is 12.1. The number of amides is 2. The number of carbonyl (C=O) groups excluding carboxylic acids is 2. The van der Waals surface area contributed by atoms with E-state index in [4.69, 9.17) is 15.6 Å². The predicted octanol–water partition coefficient (Wildman–Crippen LogP) is 3.10. The van der Waals surface area contributed by atoms with Crippen LogP contribution >= 0.6 is 0 Å². The molecule has 26 heavy (non-hydrogen) atoms. The van der Waals surface area contributed by atoms with Gasteiger partial charge in [-0.2, -0.15) is 0 Å². The monoisotopic (exact) mass is 364 g/mol. The van der Waals surface area contributed by atoms with Crippen molar-refractivity contribution >= 4 is 23.7 Å². The number of anilines is 1. The van der Waals surface area contributed by atoms with Gasteiger partial charge in [0.1, 0.15) is 5.60 Å². The highest BCUT2D eigenvalue weighted by atomic mass is 16.6. The maximum atomic E-state index is 11.7. The van der Waals surface area contributed by atoms with Crippen LogP contribution in [0.1, 0.15) is 52.0 Å². The van der Waals surface area contributed by atoms with Crippen LogP contribution in [0, 0.1) is 0 Å². The average Bonchev–Trinajstić information content (AvgIpc) is 2.49. The van der Waals surface area contributed by atoms with Crippen molar-refractivity contribution in [3.05, 3.63) is 29.8 Å². The molecule has 1 rings (SSSR count). The van der Waals surface area contributed by atoms with Gasteiger partial charge in [-0.3, -0.25) is 14.5 Å². The highest BCUT2D eigenvalue weighted by Crippen LogP contribution is 2.17. The summed E-state index contributed by atoms with van der Waals surface area (Å²) in [6, 6.07) is 6.14. The van der Waals surface area contributed by atoms with Crippen LogP contribution < -0.4 is 10.6 Å². The third-order valence-electron chi connectivity index (χ3n) is 3.55. The lowest BCUT2D eigenvalue weighted by Gasteiger charge is -2.21. The van der Waals surface area contributed by atoms with E-state index < -0.39 is 17.6 Å². The molecular weight excluding hydrogens is 336 g/mol. The van der Waals surface area contributed by atoms with Gasteiger partial charge in [-0.15, -0.1) is 0 Å². The fourth-order valence-corrected chi connectivity index (χ4v) is 2.44. The predicted molar refractivity (Wildman–Crippen MR) is 99.0 cm³/mol. The van der Waals surface area contributed by atoms with Crippen LogP contribution in [-0.4, -0.2) is 35.2 Å². The van der Waals surface area contributed by atoms with Gasteiger partial charge >= 0.3 is 18.0 Å². The van der Waals surface area contributed by atoms with Crippen LogP contribution in [0.15, 0.2) is 24.3 Å². The number of hydrogen-bond acceptors (Lipinski definition) is 4. The summed E-state index contributed by atoms with van der Waals surface area (Å²) in [5.41, 5.74) is 6.24. The number of ether oxygens (including phenoxy) is 1. The lowest BCUT2D eigenvalue weighted by Crippen LogP contribution is -2.36. The summed E-state index contributed by atoms with van der Waals surface area (Å²) in [5, 5.41) is 8.78. The molecule has 7 nitrogen and oxygen atoms in total. The SMILES string of the molecule is CC(C)(C)OC(=O)CCCCCN(C(N)=O)c1ccc(CC(=O)O)cc1. The molecule has 0 atom stereocenters. The fraction of sp³-hybridized carbons (Fsp3) is 0.526. The Kier molecular flexibility index (Phi) is 8.09. The number of carbonyl (C=O) groups is 3. The van der Waals surface area contributed by atoms with Crippen molar-refractivity contribution in [1.82, 2.24) is 0 Å². The van der Waals surface area contributed by atoms with E-state index in [2.05, 4.69) is 0 Å². The number of nitrogens with zero attached hydrogens (tertiary/aromatic N) is 1. The Labute approximate surface area is 154 Å². The minimum atomic E-state index is -0.908. The number of benzene rings is 1. The Bertz CT molecular complexity index is 620. The third-order valence-corrected chi connectivity index (χ3v) is 3.55. The van der Waals surface area contributed by atoms with Gasteiger partial charge < -0.3 is 15.6 Å². The molecule has 0 aliphatic heterocycles. The highest BCUT2D eigenvalue weighted by Gasteiger charge is 2.16. The van der Waals surface area contributed by atoms with Gasteiger partial charge in [0.15, 0.2) is 0 Å². The number of esters is 1. The van der Waals surface area contributed by atoms with Gasteiger partial charge in [0.25, 0.3) is 0 Å². The molecule has 1 aromatic carbocycles. The molecule has 0 aliphatic carbocycles. The fourth-order valence-electron chi connectivity index (χ4n) is 2.44. The van der Waals surface area contributed by atoms with Crippen molar-refractivity contribution in [1.29, 1.82) is 0 Å². The van der Waals surface area contributed by atoms with E-state index in [9.17, 15) is 14.4 Å². The molecular formula is C19H28N2O5. The largest absolute Gasteiger partial charge is 0.481 e. The lowest BCUT2D eigenvalue weighted by atomic mass is 10.1. The summed E-state index contributed by atoms with van der Waals surface area (Å²) in [7, 11) is 0. The Morgan fingerprint density at radius 2 is 1.69 bits per heavy atom. The van der Waals surface area contributed by atoms with Gasteiger partial charge in [0.05, 0.1) is 6.42 Å². The van der Waals surface area contributed by atoms with Crippen molar-refractivity contribution in [3.8, 4) is 0 Å². The number of unbranched alkanes of at least 4 members (excludes halogenated alkanes) is 2. The van der Waals surface area contributed by atoms with Crippen LogP contribution in [-0.2, 0) is 20.7 Å². The Morgan fingerprint density at radius 1 is 1.08 bits per heavy atom. The molecule has 0 bridgehead atoms. The van der Waals surface area contributed by atoms with Crippen LogP contribution in [0.2, 0.25) is 0 Å². The first-order valence-electron chi connectivity index (χ1n) is 8.68. The van der Waals surface area contributed by atoms with Crippen LogP contribution in [0.5, 0.6) is 0 Å². The standard InChI is InChI=1S/C19H28N2O5/c1-19(2,3)26-17(24)7-5-4-6-12-21(18(20)25)15-10-8-14(9-11-15)13-16(22)23/h8-11H,4-7,12-13H2,1-3H3,(H2,20,25)(H,22,23). The number of urea groups is 1. The molecule has 0 radical (unpaired) electrons. The smallest absolute Gasteiger partial charge is 0.319 e. The summed E-state index contributed by atoms with van der Waals surface area (Å²) >= 11 is 0. The second kappa shape index (κ2) is 9.79. The maximum absolute atomic E-state index is 11.7. The van der Waals surface area contributed by atoms with E-state index in [0.717, 1.165) is 6.42 Å². The number of rotatable bonds is 9. The molecule has 1 aromatic rings. The molecule has 144 valence electrons. The molecule has 0 fully saturated rings. The van der Waals surface area contributed by atoms with Gasteiger partial charge in [-0.1, -0.05) is 18.6 Å². The average molecular weight is 364 g/mol. The summed E-state index contributed by atoms with van der Waals surface area (Å²) in [6.45, 7) is 5.92. The summed E-state index contributed by atoms with van der Waals surface area (Å²) < 4.78 is 5.25. The van der Waals surface area contributed by atoms with E-state index >= 15 is 0 Å². The van der Waals surface area contributed by atoms with Crippen molar-refractivity contribution in [2.45, 2.75) is 58.5 Å². The molecule has 0 spiro atoms. The topological polar surface area (TPSA) is 110 Å². The molecule has 0 heterocycles. The van der Waals surface area contributed by atoms with Gasteiger partial charge in [-0.05, 0) is 51.3 Å². The number of carboxylic acids is 1. The normalized spacial score (nSPS) is 11.0. The second-order valence-corrected chi connectivity index (χ2v) is 7.12. The van der Waals surface area contributed by atoms with Crippen molar-refractivity contribution in [2.24, 2.45) is 5.73 Å². The molecule has 0 unspecified atom stereocenters. The molecule has 2 amide bonds. The van der Waals surface area contributed by atoms with Gasteiger partial charge in [0, 0.05) is 18.7 Å². The minimum absolute atomic E-state index is 0.0679. The van der Waals surface area contributed by atoms with Crippen LogP contribution in [0.3, 0.4) is 0 Å². The Hall–Kier alpha value is -2.57. The van der Waals surface area contributed by atoms with E-state index in [-0.39, 0.29) is 12.4 Å². The molecule has 0 aliphatic rings. The van der Waals surface area contributed by atoms with Crippen molar-refractivity contribution < 1.29 is 24.2 Å². The van der Waals surface area contributed by atoms with Gasteiger partial charge in [0.2, 0.25) is 0 Å². The number of primary amides is 1. The van der Waals surface area contributed by atoms with Crippen LogP contribution in [0.4, 0.5) is 10.5 Å². The number of nitrogens with two attached hydrogens (primary N) is 1. The second-order valence-electron chi connectivity index (χ2n) is 7.12. The quantitative estimate of drug-likeness (QED) is 0.517. The molecule has 0 saturated carbocycles. The minimum Gasteiger partial charge on any atom is -0.481 e. The van der Waals surface area contributed by atoms with E-state index in [1.54, 1.807) is 24.3 Å². The van der Waals surface area contributed by atoms with Crippen LogP contribution in [0.25, 0.3) is 0 Å².